The zero-order valence-electron chi connectivity index (χ0n) is 7.80. The minimum absolute atomic E-state index is 0. The predicted molar refractivity (Wildman–Crippen MR) is 41.6 cm³/mol. The Hall–Kier alpha value is 0.650. The zero-order valence-corrected chi connectivity index (χ0v) is 9.96. The van der Waals surface area contributed by atoms with E-state index >= 15 is 0 Å². The summed E-state index contributed by atoms with van der Waals surface area (Å²) in [5, 5.41) is 0. The van der Waals surface area contributed by atoms with Crippen LogP contribution in [-0.4, -0.2) is 37.0 Å². The molecule has 1 aliphatic heterocycles. The van der Waals surface area contributed by atoms with Gasteiger partial charge in [0.15, 0.2) is 0 Å². The van der Waals surface area contributed by atoms with E-state index < -0.39 is 0 Å². The average molecular weight is 271 g/mol. The van der Waals surface area contributed by atoms with Crippen molar-refractivity contribution in [2.45, 2.75) is 33.1 Å². The van der Waals surface area contributed by atoms with Crippen molar-refractivity contribution in [2.24, 2.45) is 0 Å². The van der Waals surface area contributed by atoms with Crippen LogP contribution in [0.4, 0.5) is 0 Å². The molecule has 1 heterocycles. The number of epoxide rings is 1. The molecule has 0 aliphatic carbocycles. The molecule has 11 heavy (non-hydrogen) atoms. The maximum absolute atomic E-state index is 5.44. The van der Waals surface area contributed by atoms with Crippen LogP contribution in [0.3, 0.4) is 0 Å². The minimum Gasteiger partial charge on any atom is -1.00 e. The monoisotopic (exact) mass is 271 g/mol. The number of ether oxygens (including phenoxy) is 1. The van der Waals surface area contributed by atoms with E-state index in [2.05, 4.69) is 27.8 Å². The molecule has 68 valence electrons. The summed E-state index contributed by atoms with van der Waals surface area (Å²) in [4.78, 5) is 0. The van der Waals surface area contributed by atoms with E-state index in [1.54, 1.807) is 0 Å². The van der Waals surface area contributed by atoms with Crippen molar-refractivity contribution in [3.05, 3.63) is 0 Å². The molecule has 2 unspecified atom stereocenters. The van der Waals surface area contributed by atoms with Crippen LogP contribution in [0.15, 0.2) is 0 Å². The summed E-state index contributed by atoms with van der Waals surface area (Å²) in [6.07, 6.45) is 0.972. The molecule has 3 heteroatoms. The molecule has 1 aliphatic rings. The highest BCUT2D eigenvalue weighted by Crippen LogP contribution is 2.29. The van der Waals surface area contributed by atoms with Crippen LogP contribution in [0.5, 0.6) is 0 Å². The largest absolute Gasteiger partial charge is 1.00 e. The molecule has 1 saturated heterocycles. The van der Waals surface area contributed by atoms with Crippen LogP contribution in [0, 0.1) is 0 Å². The van der Waals surface area contributed by atoms with Gasteiger partial charge < -0.3 is 28.7 Å². The van der Waals surface area contributed by atoms with Gasteiger partial charge >= 0.3 is 0 Å². The quantitative estimate of drug-likeness (QED) is 0.336. The molecule has 0 N–H and O–H groups in total. The van der Waals surface area contributed by atoms with Crippen LogP contribution in [0.2, 0.25) is 0 Å². The van der Waals surface area contributed by atoms with Crippen LogP contribution in [-0.2, 0) is 4.74 Å². The Morgan fingerprint density at radius 1 is 1.27 bits per heavy atom. The second kappa shape index (κ2) is 4.05. The highest BCUT2D eigenvalue weighted by atomic mass is 127. The Morgan fingerprint density at radius 3 is 1.73 bits per heavy atom. The minimum atomic E-state index is 0. The summed E-state index contributed by atoms with van der Waals surface area (Å²) >= 11 is 0. The van der Waals surface area contributed by atoms with Gasteiger partial charge in [-0.1, -0.05) is 0 Å². The molecule has 0 aromatic rings. The molecule has 1 rings (SSSR count). The van der Waals surface area contributed by atoms with Gasteiger partial charge in [-0.25, -0.2) is 0 Å². The Labute approximate surface area is 86.5 Å². The fraction of sp³-hybridized carbons (Fsp3) is 1.00. The van der Waals surface area contributed by atoms with Crippen LogP contribution < -0.4 is 24.0 Å². The molecule has 0 saturated carbocycles. The van der Waals surface area contributed by atoms with Crippen molar-refractivity contribution in [2.75, 3.05) is 20.1 Å². The SMILES string of the molecule is CC[N+](C)(CC)C1OC1C.[I-]. The average Bonchev–Trinajstić information content (AvgIpc) is 2.66. The molecule has 0 aromatic carbocycles. The lowest BCUT2D eigenvalue weighted by Crippen LogP contribution is -3.00. The van der Waals surface area contributed by atoms with Crippen molar-refractivity contribution in [1.82, 2.24) is 0 Å². The number of likely N-dealkylation sites (N-methyl/N-ethyl adjacent to an activating group) is 1. The topological polar surface area (TPSA) is 12.5 Å². The van der Waals surface area contributed by atoms with E-state index in [0.29, 0.717) is 12.3 Å². The van der Waals surface area contributed by atoms with Crippen LogP contribution >= 0.6 is 0 Å². The summed E-state index contributed by atoms with van der Waals surface area (Å²) in [5.74, 6) is 0. The number of hydrogen-bond donors (Lipinski definition) is 0. The first-order valence-corrected chi connectivity index (χ1v) is 4.13. The van der Waals surface area contributed by atoms with Crippen molar-refractivity contribution in [1.29, 1.82) is 0 Å². The second-order valence-electron chi connectivity index (χ2n) is 3.34. The highest BCUT2D eigenvalue weighted by Gasteiger charge is 2.48. The molecule has 1 fully saturated rings. The summed E-state index contributed by atoms with van der Waals surface area (Å²) in [5.41, 5.74) is 0. The number of hydrogen-bond acceptors (Lipinski definition) is 1. The molecule has 0 bridgehead atoms. The highest BCUT2D eigenvalue weighted by molar-refractivity contribution is 4.71. The van der Waals surface area contributed by atoms with Crippen molar-refractivity contribution in [3.63, 3.8) is 0 Å². The molecular formula is C8H18INO. The van der Waals surface area contributed by atoms with Gasteiger partial charge in [-0.2, -0.15) is 0 Å². The van der Waals surface area contributed by atoms with E-state index in [1.165, 1.54) is 13.1 Å². The summed E-state index contributed by atoms with van der Waals surface area (Å²) in [7, 11) is 2.26. The Balaban J connectivity index is 0.000001000. The van der Waals surface area contributed by atoms with Gasteiger partial charge in [0.2, 0.25) is 6.23 Å². The second-order valence-corrected chi connectivity index (χ2v) is 3.34. The molecule has 0 amide bonds. The van der Waals surface area contributed by atoms with E-state index in [4.69, 9.17) is 4.74 Å². The van der Waals surface area contributed by atoms with Gasteiger partial charge in [0.1, 0.15) is 6.10 Å². The van der Waals surface area contributed by atoms with Gasteiger partial charge in [-0.3, -0.25) is 4.48 Å². The van der Waals surface area contributed by atoms with Crippen molar-refractivity contribution < 1.29 is 33.2 Å². The lowest BCUT2D eigenvalue weighted by molar-refractivity contribution is -0.926. The predicted octanol–water partition coefficient (Wildman–Crippen LogP) is -1.78. The number of quaternary nitrogens is 1. The third kappa shape index (κ3) is 2.29. The lowest BCUT2D eigenvalue weighted by atomic mass is 10.3. The van der Waals surface area contributed by atoms with Gasteiger partial charge in [-0.05, 0) is 20.8 Å². The van der Waals surface area contributed by atoms with Gasteiger partial charge in [0.25, 0.3) is 0 Å². The Bertz CT molecular complexity index is 125. The lowest BCUT2D eigenvalue weighted by Gasteiger charge is -2.30. The summed E-state index contributed by atoms with van der Waals surface area (Å²) < 4.78 is 6.51. The van der Waals surface area contributed by atoms with Crippen LogP contribution in [0.25, 0.3) is 0 Å². The third-order valence-electron chi connectivity index (χ3n) is 2.74. The molecule has 0 aromatic heterocycles. The molecule has 2 atom stereocenters. The maximum atomic E-state index is 5.44. The van der Waals surface area contributed by atoms with E-state index in [9.17, 15) is 0 Å². The van der Waals surface area contributed by atoms with Gasteiger partial charge in [0, 0.05) is 0 Å². The van der Waals surface area contributed by atoms with Crippen LogP contribution in [0.1, 0.15) is 20.8 Å². The summed E-state index contributed by atoms with van der Waals surface area (Å²) in [6.45, 7) is 8.93. The number of halogens is 1. The van der Waals surface area contributed by atoms with E-state index in [0.717, 1.165) is 4.48 Å². The van der Waals surface area contributed by atoms with Gasteiger partial charge in [-0.15, -0.1) is 0 Å². The fourth-order valence-electron chi connectivity index (χ4n) is 1.41. The number of rotatable bonds is 3. The molecular weight excluding hydrogens is 253 g/mol. The summed E-state index contributed by atoms with van der Waals surface area (Å²) in [6, 6.07) is 0. The maximum Gasteiger partial charge on any atom is 0.220 e. The number of nitrogens with zero attached hydrogens (tertiary/aromatic N) is 1. The Morgan fingerprint density at radius 2 is 1.64 bits per heavy atom. The van der Waals surface area contributed by atoms with Crippen molar-refractivity contribution in [3.8, 4) is 0 Å². The standard InChI is InChI=1S/C8H18NO.HI/c1-5-9(4,6-2)8-7(3)10-8;/h7-8H,5-6H2,1-4H3;1H/q+1;/p-1. The zero-order chi connectivity index (χ0) is 7.78. The molecule has 2 nitrogen and oxygen atoms in total. The Kier molecular flexibility index (Phi) is 4.29. The normalized spacial score (nSPS) is 29.5. The first kappa shape index (κ1) is 11.6. The first-order valence-electron chi connectivity index (χ1n) is 4.13. The fourth-order valence-corrected chi connectivity index (χ4v) is 1.41. The third-order valence-corrected chi connectivity index (χ3v) is 2.74. The first-order chi connectivity index (χ1) is 4.64. The molecule has 0 spiro atoms. The van der Waals surface area contributed by atoms with Gasteiger partial charge in [0.05, 0.1) is 20.1 Å². The van der Waals surface area contributed by atoms with E-state index in [-0.39, 0.29) is 24.0 Å². The van der Waals surface area contributed by atoms with Crippen molar-refractivity contribution >= 4 is 0 Å². The smallest absolute Gasteiger partial charge is 0.220 e. The van der Waals surface area contributed by atoms with E-state index in [1.807, 2.05) is 0 Å². The molecule has 0 radical (unpaired) electrons.